The van der Waals surface area contributed by atoms with Crippen LogP contribution in [0.5, 0.6) is 0 Å². The van der Waals surface area contributed by atoms with Crippen LogP contribution in [0.3, 0.4) is 0 Å². The van der Waals surface area contributed by atoms with Crippen LogP contribution in [-0.4, -0.2) is 55.5 Å². The molecule has 0 bridgehead atoms. The molecule has 1 saturated heterocycles. The molecular formula is C17H26IN5O. The first-order valence-corrected chi connectivity index (χ1v) is 8.31. The summed E-state index contributed by atoms with van der Waals surface area (Å²) in [6, 6.07) is 10.7. The summed E-state index contributed by atoms with van der Waals surface area (Å²) in [6.07, 6.45) is 3.83. The second-order valence-corrected chi connectivity index (χ2v) is 6.20. The summed E-state index contributed by atoms with van der Waals surface area (Å²) in [4.78, 5) is 18.7. The molecule has 1 unspecified atom stereocenters. The number of para-hydroxylation sites is 1. The van der Waals surface area contributed by atoms with E-state index in [0.717, 1.165) is 31.2 Å². The van der Waals surface area contributed by atoms with Crippen LogP contribution < -0.4 is 16.0 Å². The van der Waals surface area contributed by atoms with Crippen molar-refractivity contribution in [2.45, 2.75) is 31.3 Å². The van der Waals surface area contributed by atoms with Crippen LogP contribution in [0.15, 0.2) is 35.3 Å². The van der Waals surface area contributed by atoms with Crippen molar-refractivity contribution in [1.29, 1.82) is 0 Å². The third-order valence-electron chi connectivity index (χ3n) is 4.32. The van der Waals surface area contributed by atoms with Gasteiger partial charge in [-0.3, -0.25) is 14.7 Å². The van der Waals surface area contributed by atoms with E-state index in [1.165, 1.54) is 12.8 Å². The zero-order valence-corrected chi connectivity index (χ0v) is 16.3. The Morgan fingerprint density at radius 3 is 2.67 bits per heavy atom. The zero-order valence-electron chi connectivity index (χ0n) is 14.0. The largest absolute Gasteiger partial charge is 0.352 e. The quantitative estimate of drug-likeness (QED) is 0.368. The Balaban J connectivity index is 0.00000208. The zero-order chi connectivity index (χ0) is 16.1. The van der Waals surface area contributed by atoms with Gasteiger partial charge in [-0.2, -0.15) is 0 Å². The highest BCUT2D eigenvalue weighted by molar-refractivity contribution is 14.0. The number of carbonyl (C=O) groups excluding carboxylic acids is 1. The standard InChI is InChI=1S/C17H25N5O.HI/c1-18-17(21-14-9-10-22(12-14)15-7-8-15)19-11-16(23)20-13-5-3-2-4-6-13;/h2-6,14-15H,7-12H2,1H3,(H,20,23)(H2,18,19,21);1H. The Hall–Kier alpha value is -1.35. The molecule has 2 aliphatic rings. The Morgan fingerprint density at radius 2 is 2.00 bits per heavy atom. The normalized spacial score (nSPS) is 21.0. The minimum absolute atomic E-state index is 0. The molecule has 0 spiro atoms. The van der Waals surface area contributed by atoms with Crippen molar-refractivity contribution in [2.75, 3.05) is 32.0 Å². The van der Waals surface area contributed by atoms with Gasteiger partial charge in [-0.15, -0.1) is 24.0 Å². The maximum absolute atomic E-state index is 12.0. The number of benzene rings is 1. The van der Waals surface area contributed by atoms with Crippen molar-refractivity contribution in [2.24, 2.45) is 4.99 Å². The van der Waals surface area contributed by atoms with E-state index in [9.17, 15) is 4.79 Å². The average molecular weight is 443 g/mol. The van der Waals surface area contributed by atoms with E-state index < -0.39 is 0 Å². The van der Waals surface area contributed by atoms with Gasteiger partial charge in [0.25, 0.3) is 0 Å². The minimum atomic E-state index is -0.0785. The summed E-state index contributed by atoms with van der Waals surface area (Å²) in [5.74, 6) is 0.612. The summed E-state index contributed by atoms with van der Waals surface area (Å²) in [7, 11) is 1.73. The molecule has 1 aromatic carbocycles. The van der Waals surface area contributed by atoms with Crippen LogP contribution in [0.2, 0.25) is 0 Å². The molecule has 6 nitrogen and oxygen atoms in total. The van der Waals surface area contributed by atoms with Gasteiger partial charge in [-0.05, 0) is 31.4 Å². The Bertz CT molecular complexity index is 561. The first kappa shape index (κ1) is 19.0. The monoisotopic (exact) mass is 443 g/mol. The van der Waals surface area contributed by atoms with Gasteiger partial charge in [0, 0.05) is 37.9 Å². The van der Waals surface area contributed by atoms with E-state index in [0.29, 0.717) is 12.0 Å². The summed E-state index contributed by atoms with van der Waals surface area (Å²) in [6.45, 7) is 2.43. The molecule has 132 valence electrons. The van der Waals surface area contributed by atoms with E-state index in [4.69, 9.17) is 0 Å². The molecule has 0 radical (unpaired) electrons. The van der Waals surface area contributed by atoms with Gasteiger partial charge >= 0.3 is 0 Å². The molecule has 1 atom stereocenters. The van der Waals surface area contributed by atoms with Crippen LogP contribution in [-0.2, 0) is 4.79 Å². The minimum Gasteiger partial charge on any atom is -0.352 e. The second-order valence-electron chi connectivity index (χ2n) is 6.20. The van der Waals surface area contributed by atoms with Gasteiger partial charge in [-0.25, -0.2) is 0 Å². The van der Waals surface area contributed by atoms with Crippen LogP contribution in [0.1, 0.15) is 19.3 Å². The second kappa shape index (κ2) is 9.22. The number of anilines is 1. The van der Waals surface area contributed by atoms with Crippen molar-refractivity contribution in [1.82, 2.24) is 15.5 Å². The summed E-state index contributed by atoms with van der Waals surface area (Å²) >= 11 is 0. The topological polar surface area (TPSA) is 68.8 Å². The summed E-state index contributed by atoms with van der Waals surface area (Å²) in [5, 5.41) is 9.35. The van der Waals surface area contributed by atoms with Crippen LogP contribution >= 0.6 is 24.0 Å². The number of carbonyl (C=O) groups is 1. The number of guanidine groups is 1. The lowest BCUT2D eigenvalue weighted by Crippen LogP contribution is -2.46. The number of aliphatic imine (C=N–C) groups is 1. The number of hydrogen-bond acceptors (Lipinski definition) is 3. The van der Waals surface area contributed by atoms with Crippen LogP contribution in [0.4, 0.5) is 5.69 Å². The number of nitrogens with one attached hydrogen (secondary N) is 3. The highest BCUT2D eigenvalue weighted by atomic mass is 127. The van der Waals surface area contributed by atoms with E-state index in [1.807, 2.05) is 30.3 Å². The van der Waals surface area contributed by atoms with Gasteiger partial charge in [-0.1, -0.05) is 18.2 Å². The number of amides is 1. The molecule has 1 aromatic rings. The number of nitrogens with zero attached hydrogens (tertiary/aromatic N) is 2. The lowest BCUT2D eigenvalue weighted by Gasteiger charge is -2.18. The fourth-order valence-electron chi connectivity index (χ4n) is 2.96. The van der Waals surface area contributed by atoms with Crippen molar-refractivity contribution in [3.05, 3.63) is 30.3 Å². The Kier molecular flexibility index (Phi) is 7.29. The van der Waals surface area contributed by atoms with E-state index in [1.54, 1.807) is 7.05 Å². The van der Waals surface area contributed by atoms with E-state index in [-0.39, 0.29) is 36.4 Å². The molecule has 1 saturated carbocycles. The smallest absolute Gasteiger partial charge is 0.243 e. The molecule has 3 N–H and O–H groups in total. The predicted molar refractivity (Wildman–Crippen MR) is 108 cm³/mol. The molecule has 1 aliphatic carbocycles. The molecule has 24 heavy (non-hydrogen) atoms. The molecule has 0 aromatic heterocycles. The third kappa shape index (κ3) is 5.62. The predicted octanol–water partition coefficient (Wildman–Crippen LogP) is 1.64. The lowest BCUT2D eigenvalue weighted by molar-refractivity contribution is -0.115. The van der Waals surface area contributed by atoms with Gasteiger partial charge in [0.05, 0.1) is 6.54 Å². The third-order valence-corrected chi connectivity index (χ3v) is 4.32. The van der Waals surface area contributed by atoms with Gasteiger partial charge in [0.1, 0.15) is 0 Å². The number of hydrogen-bond donors (Lipinski definition) is 3. The summed E-state index contributed by atoms with van der Waals surface area (Å²) in [5.41, 5.74) is 0.804. The Morgan fingerprint density at radius 1 is 1.25 bits per heavy atom. The summed E-state index contributed by atoms with van der Waals surface area (Å²) < 4.78 is 0. The molecule has 1 heterocycles. The van der Waals surface area contributed by atoms with Gasteiger partial charge in [0.15, 0.2) is 5.96 Å². The first-order valence-electron chi connectivity index (χ1n) is 8.31. The van der Waals surface area contributed by atoms with Crippen molar-refractivity contribution in [3.8, 4) is 0 Å². The van der Waals surface area contributed by atoms with Gasteiger partial charge < -0.3 is 16.0 Å². The highest BCUT2D eigenvalue weighted by Gasteiger charge is 2.34. The van der Waals surface area contributed by atoms with Crippen LogP contribution in [0.25, 0.3) is 0 Å². The maximum atomic E-state index is 12.0. The molecule has 1 aliphatic heterocycles. The van der Waals surface area contributed by atoms with E-state index >= 15 is 0 Å². The maximum Gasteiger partial charge on any atom is 0.243 e. The number of likely N-dealkylation sites (tertiary alicyclic amines) is 1. The lowest BCUT2D eigenvalue weighted by atomic mass is 10.3. The SMILES string of the molecule is CN=C(NCC(=O)Nc1ccccc1)NC1CCN(C2CC2)C1.I. The fourth-order valence-corrected chi connectivity index (χ4v) is 2.96. The van der Waals surface area contributed by atoms with Crippen molar-refractivity contribution >= 4 is 41.5 Å². The van der Waals surface area contributed by atoms with Crippen molar-refractivity contribution < 1.29 is 4.79 Å². The fraction of sp³-hybridized carbons (Fsp3) is 0.529. The van der Waals surface area contributed by atoms with Crippen LogP contribution in [0, 0.1) is 0 Å². The number of rotatable bonds is 5. The van der Waals surface area contributed by atoms with Gasteiger partial charge in [0.2, 0.25) is 5.91 Å². The first-order chi connectivity index (χ1) is 11.2. The molecule has 1 amide bonds. The highest BCUT2D eigenvalue weighted by Crippen LogP contribution is 2.29. The molecular weight excluding hydrogens is 417 g/mol. The molecule has 3 rings (SSSR count). The van der Waals surface area contributed by atoms with Crippen molar-refractivity contribution in [3.63, 3.8) is 0 Å². The van der Waals surface area contributed by atoms with E-state index in [2.05, 4.69) is 25.8 Å². The average Bonchev–Trinajstić information content (AvgIpc) is 3.32. The Labute approximate surface area is 160 Å². The molecule has 7 heteroatoms. The number of halogens is 1. The molecule has 2 fully saturated rings.